The molecule has 2 rings (SSSR count). The van der Waals surface area contributed by atoms with Crippen LogP contribution >= 0.6 is 0 Å². The Bertz CT molecular complexity index is 496. The highest BCUT2D eigenvalue weighted by Gasteiger charge is 2.02. The van der Waals surface area contributed by atoms with Crippen molar-refractivity contribution in [3.8, 4) is 0 Å². The SMILES string of the molecule is N=C(N)c1ncnc(Nc2ccccc2)n1. The molecule has 0 saturated carbocycles. The Balaban J connectivity index is 2.22. The van der Waals surface area contributed by atoms with E-state index in [1.54, 1.807) is 0 Å². The van der Waals surface area contributed by atoms with Gasteiger partial charge in [-0.25, -0.2) is 9.97 Å². The molecule has 16 heavy (non-hydrogen) atoms. The number of para-hydroxylation sites is 1. The summed E-state index contributed by atoms with van der Waals surface area (Å²) in [5, 5.41) is 10.2. The number of amidine groups is 1. The van der Waals surface area contributed by atoms with Gasteiger partial charge in [-0.15, -0.1) is 0 Å². The van der Waals surface area contributed by atoms with Gasteiger partial charge in [-0.3, -0.25) is 5.41 Å². The summed E-state index contributed by atoms with van der Waals surface area (Å²) in [5.74, 6) is 0.346. The van der Waals surface area contributed by atoms with Crippen molar-refractivity contribution >= 4 is 17.5 Å². The van der Waals surface area contributed by atoms with E-state index in [0.29, 0.717) is 5.95 Å². The molecule has 6 nitrogen and oxygen atoms in total. The van der Waals surface area contributed by atoms with E-state index in [1.807, 2.05) is 30.3 Å². The number of hydrogen-bond donors (Lipinski definition) is 3. The lowest BCUT2D eigenvalue weighted by atomic mass is 10.3. The maximum Gasteiger partial charge on any atom is 0.230 e. The van der Waals surface area contributed by atoms with E-state index in [1.165, 1.54) is 6.33 Å². The molecule has 4 N–H and O–H groups in total. The van der Waals surface area contributed by atoms with Crippen LogP contribution in [-0.2, 0) is 0 Å². The van der Waals surface area contributed by atoms with Crippen LogP contribution in [0.1, 0.15) is 5.82 Å². The number of nitrogen functional groups attached to an aromatic ring is 1. The van der Waals surface area contributed by atoms with Crippen LogP contribution in [0.25, 0.3) is 0 Å². The summed E-state index contributed by atoms with van der Waals surface area (Å²) in [4.78, 5) is 11.7. The van der Waals surface area contributed by atoms with E-state index in [-0.39, 0.29) is 11.7 Å². The van der Waals surface area contributed by atoms with Crippen LogP contribution in [0.3, 0.4) is 0 Å². The molecule has 1 aromatic heterocycles. The lowest BCUT2D eigenvalue weighted by molar-refractivity contribution is 1.02. The van der Waals surface area contributed by atoms with Crippen LogP contribution in [0, 0.1) is 5.41 Å². The minimum atomic E-state index is -0.182. The minimum absolute atomic E-state index is 0.161. The fraction of sp³-hybridized carbons (Fsp3) is 0. The Morgan fingerprint density at radius 2 is 1.94 bits per heavy atom. The van der Waals surface area contributed by atoms with Crippen molar-refractivity contribution < 1.29 is 0 Å². The maximum atomic E-state index is 7.21. The molecule has 0 radical (unpaired) electrons. The summed E-state index contributed by atoms with van der Waals surface area (Å²) in [6.07, 6.45) is 1.31. The molecule has 1 aromatic carbocycles. The Morgan fingerprint density at radius 1 is 1.19 bits per heavy atom. The van der Waals surface area contributed by atoms with Gasteiger partial charge in [0.15, 0.2) is 11.7 Å². The maximum absolute atomic E-state index is 7.21. The number of rotatable bonds is 3. The van der Waals surface area contributed by atoms with E-state index < -0.39 is 0 Å². The van der Waals surface area contributed by atoms with Crippen LogP contribution in [0.5, 0.6) is 0 Å². The molecule has 0 spiro atoms. The summed E-state index contributed by atoms with van der Waals surface area (Å²) in [6.45, 7) is 0. The van der Waals surface area contributed by atoms with E-state index in [0.717, 1.165) is 5.69 Å². The fourth-order valence-corrected chi connectivity index (χ4v) is 1.14. The van der Waals surface area contributed by atoms with Crippen molar-refractivity contribution in [3.05, 3.63) is 42.5 Å². The van der Waals surface area contributed by atoms with Gasteiger partial charge in [0.2, 0.25) is 5.95 Å². The second-order valence-corrected chi connectivity index (χ2v) is 3.04. The van der Waals surface area contributed by atoms with Gasteiger partial charge in [0, 0.05) is 5.69 Å². The van der Waals surface area contributed by atoms with Crippen molar-refractivity contribution in [1.82, 2.24) is 15.0 Å². The zero-order valence-electron chi connectivity index (χ0n) is 8.38. The Morgan fingerprint density at radius 3 is 2.62 bits per heavy atom. The number of nitrogens with one attached hydrogen (secondary N) is 2. The molecule has 0 atom stereocenters. The van der Waals surface area contributed by atoms with Crippen molar-refractivity contribution in [3.63, 3.8) is 0 Å². The number of aromatic nitrogens is 3. The number of nitrogens with two attached hydrogens (primary N) is 1. The second kappa shape index (κ2) is 4.35. The molecule has 1 heterocycles. The zero-order valence-corrected chi connectivity index (χ0v) is 8.38. The quantitative estimate of drug-likeness (QED) is 0.520. The van der Waals surface area contributed by atoms with Gasteiger partial charge in [0.1, 0.15) is 6.33 Å². The van der Waals surface area contributed by atoms with Crippen LogP contribution in [0.2, 0.25) is 0 Å². The van der Waals surface area contributed by atoms with Gasteiger partial charge in [-0.1, -0.05) is 18.2 Å². The van der Waals surface area contributed by atoms with Crippen LogP contribution < -0.4 is 11.1 Å². The first-order valence-electron chi connectivity index (χ1n) is 4.61. The zero-order chi connectivity index (χ0) is 11.4. The Kier molecular flexibility index (Phi) is 2.73. The molecular weight excluding hydrogens is 204 g/mol. The summed E-state index contributed by atoms with van der Waals surface area (Å²) in [6, 6.07) is 9.48. The molecule has 0 saturated heterocycles. The highest BCUT2D eigenvalue weighted by atomic mass is 15.2. The fourth-order valence-electron chi connectivity index (χ4n) is 1.14. The van der Waals surface area contributed by atoms with Gasteiger partial charge in [-0.05, 0) is 12.1 Å². The lowest BCUT2D eigenvalue weighted by Crippen LogP contribution is -2.16. The van der Waals surface area contributed by atoms with Crippen molar-refractivity contribution in [1.29, 1.82) is 5.41 Å². The standard InChI is InChI=1S/C10H10N6/c11-8(12)9-13-6-14-10(16-9)15-7-4-2-1-3-5-7/h1-6H,(H3,11,12)(H,13,14,15,16). The van der Waals surface area contributed by atoms with Crippen LogP contribution in [-0.4, -0.2) is 20.8 Å². The highest BCUT2D eigenvalue weighted by Crippen LogP contribution is 2.10. The highest BCUT2D eigenvalue weighted by molar-refractivity contribution is 5.91. The van der Waals surface area contributed by atoms with Gasteiger partial charge < -0.3 is 11.1 Å². The summed E-state index contributed by atoms with van der Waals surface area (Å²) >= 11 is 0. The molecule has 0 aliphatic carbocycles. The Hall–Kier alpha value is -2.50. The van der Waals surface area contributed by atoms with E-state index in [4.69, 9.17) is 11.1 Å². The van der Waals surface area contributed by atoms with Gasteiger partial charge in [0.05, 0.1) is 0 Å². The van der Waals surface area contributed by atoms with Crippen molar-refractivity contribution in [2.75, 3.05) is 5.32 Å². The van der Waals surface area contributed by atoms with E-state index in [9.17, 15) is 0 Å². The summed E-state index contributed by atoms with van der Waals surface area (Å²) in [5.41, 5.74) is 6.14. The molecule has 0 bridgehead atoms. The summed E-state index contributed by atoms with van der Waals surface area (Å²) < 4.78 is 0. The van der Waals surface area contributed by atoms with E-state index in [2.05, 4.69) is 20.3 Å². The molecule has 80 valence electrons. The first-order chi connectivity index (χ1) is 7.75. The number of hydrogen-bond acceptors (Lipinski definition) is 5. The monoisotopic (exact) mass is 214 g/mol. The lowest BCUT2D eigenvalue weighted by Gasteiger charge is -2.04. The third kappa shape index (κ3) is 2.30. The second-order valence-electron chi connectivity index (χ2n) is 3.04. The molecule has 0 aliphatic rings. The third-order valence-electron chi connectivity index (χ3n) is 1.84. The molecule has 0 amide bonds. The molecular formula is C10H10N6. The summed E-state index contributed by atoms with van der Waals surface area (Å²) in [7, 11) is 0. The topological polar surface area (TPSA) is 101 Å². The average Bonchev–Trinajstić information content (AvgIpc) is 2.30. The molecule has 0 fully saturated rings. The Labute approximate surface area is 92.1 Å². The third-order valence-corrected chi connectivity index (χ3v) is 1.84. The van der Waals surface area contributed by atoms with Crippen molar-refractivity contribution in [2.24, 2.45) is 5.73 Å². The van der Waals surface area contributed by atoms with Gasteiger partial charge in [0.25, 0.3) is 0 Å². The van der Waals surface area contributed by atoms with Crippen LogP contribution in [0.15, 0.2) is 36.7 Å². The smallest absolute Gasteiger partial charge is 0.230 e. The first-order valence-corrected chi connectivity index (χ1v) is 4.61. The molecule has 0 unspecified atom stereocenters. The van der Waals surface area contributed by atoms with Crippen LogP contribution in [0.4, 0.5) is 11.6 Å². The molecule has 2 aromatic rings. The van der Waals surface area contributed by atoms with E-state index >= 15 is 0 Å². The average molecular weight is 214 g/mol. The predicted octanol–water partition coefficient (Wildman–Crippen LogP) is 0.899. The normalized spacial score (nSPS) is 9.75. The number of anilines is 2. The number of nitrogens with zero attached hydrogens (tertiary/aromatic N) is 3. The predicted molar refractivity (Wildman–Crippen MR) is 60.6 cm³/mol. The molecule has 0 aliphatic heterocycles. The molecule has 6 heteroatoms. The van der Waals surface area contributed by atoms with Gasteiger partial charge >= 0.3 is 0 Å². The van der Waals surface area contributed by atoms with Gasteiger partial charge in [-0.2, -0.15) is 4.98 Å². The minimum Gasteiger partial charge on any atom is -0.381 e. The van der Waals surface area contributed by atoms with Crippen molar-refractivity contribution in [2.45, 2.75) is 0 Å². The number of benzene rings is 1. The first kappa shape index (κ1) is 10.0. The largest absolute Gasteiger partial charge is 0.381 e.